The van der Waals surface area contributed by atoms with E-state index in [0.29, 0.717) is 11.6 Å². The summed E-state index contributed by atoms with van der Waals surface area (Å²) in [5.41, 5.74) is 1.90. The van der Waals surface area contributed by atoms with E-state index in [-0.39, 0.29) is 11.5 Å². The molecular formula is C13H16Cl2N2O. The Hall–Kier alpha value is -0.770. The van der Waals surface area contributed by atoms with E-state index in [4.69, 9.17) is 27.9 Å². The van der Waals surface area contributed by atoms with E-state index < -0.39 is 0 Å². The third-order valence-corrected chi connectivity index (χ3v) is 3.37. The maximum absolute atomic E-state index is 6.19. The molecule has 1 aromatic heterocycles. The zero-order valence-electron chi connectivity index (χ0n) is 10.7. The van der Waals surface area contributed by atoms with Crippen molar-refractivity contribution in [3.8, 4) is 0 Å². The second-order valence-corrected chi connectivity index (χ2v) is 5.47. The van der Waals surface area contributed by atoms with Crippen LogP contribution in [0, 0.1) is 0 Å². The van der Waals surface area contributed by atoms with Crippen LogP contribution in [0.15, 0.2) is 18.2 Å². The third kappa shape index (κ3) is 2.63. The van der Waals surface area contributed by atoms with Crippen LogP contribution in [0.4, 0.5) is 0 Å². The number of aromatic nitrogens is 2. The number of imidazole rings is 1. The summed E-state index contributed by atoms with van der Waals surface area (Å²) < 4.78 is 7.39. The summed E-state index contributed by atoms with van der Waals surface area (Å²) in [7, 11) is 1.70. The van der Waals surface area contributed by atoms with Crippen molar-refractivity contribution in [2.75, 3.05) is 7.11 Å². The molecule has 2 atom stereocenters. The maximum Gasteiger partial charge on any atom is 0.127 e. The van der Waals surface area contributed by atoms with E-state index in [1.807, 2.05) is 32.0 Å². The van der Waals surface area contributed by atoms with Gasteiger partial charge in [0.25, 0.3) is 0 Å². The van der Waals surface area contributed by atoms with Crippen LogP contribution in [0.1, 0.15) is 25.0 Å². The van der Waals surface area contributed by atoms with Gasteiger partial charge in [-0.05, 0) is 32.0 Å². The lowest BCUT2D eigenvalue weighted by molar-refractivity contribution is 0.103. The molecule has 0 amide bonds. The molecule has 5 heteroatoms. The average Bonchev–Trinajstić information content (AvgIpc) is 2.67. The van der Waals surface area contributed by atoms with Gasteiger partial charge in [0.15, 0.2) is 0 Å². The molecule has 0 spiro atoms. The monoisotopic (exact) mass is 286 g/mol. The Morgan fingerprint density at radius 2 is 2.11 bits per heavy atom. The number of halogens is 2. The van der Waals surface area contributed by atoms with Crippen LogP contribution in [0.3, 0.4) is 0 Å². The Balaban J connectivity index is 2.57. The molecule has 18 heavy (non-hydrogen) atoms. The molecule has 2 rings (SSSR count). The highest BCUT2D eigenvalue weighted by Crippen LogP contribution is 2.27. The highest BCUT2D eigenvalue weighted by atomic mass is 35.5. The van der Waals surface area contributed by atoms with E-state index in [2.05, 4.69) is 9.55 Å². The molecule has 0 aliphatic carbocycles. The van der Waals surface area contributed by atoms with Crippen LogP contribution >= 0.6 is 23.2 Å². The first kappa shape index (κ1) is 13.7. The van der Waals surface area contributed by atoms with Crippen molar-refractivity contribution in [2.45, 2.75) is 31.9 Å². The van der Waals surface area contributed by atoms with Crippen LogP contribution in [-0.4, -0.2) is 22.8 Å². The third-order valence-electron chi connectivity index (χ3n) is 2.94. The summed E-state index contributed by atoms with van der Waals surface area (Å²) in [6.45, 7) is 4.64. The van der Waals surface area contributed by atoms with Crippen LogP contribution in [0.5, 0.6) is 0 Å². The molecule has 0 N–H and O–H groups in total. The lowest BCUT2D eigenvalue weighted by Crippen LogP contribution is -2.17. The molecule has 0 bridgehead atoms. The van der Waals surface area contributed by atoms with Gasteiger partial charge in [-0.3, -0.25) is 0 Å². The summed E-state index contributed by atoms with van der Waals surface area (Å²) in [4.78, 5) is 4.56. The van der Waals surface area contributed by atoms with Gasteiger partial charge in [-0.1, -0.05) is 11.6 Å². The number of hydrogen-bond donors (Lipinski definition) is 0. The molecule has 98 valence electrons. The summed E-state index contributed by atoms with van der Waals surface area (Å²) >= 11 is 12.2. The van der Waals surface area contributed by atoms with Gasteiger partial charge in [0, 0.05) is 12.1 Å². The van der Waals surface area contributed by atoms with E-state index in [1.54, 1.807) is 7.11 Å². The van der Waals surface area contributed by atoms with Gasteiger partial charge in [0.05, 0.1) is 29.1 Å². The largest absolute Gasteiger partial charge is 0.380 e. The number of alkyl halides is 1. The number of benzene rings is 1. The van der Waals surface area contributed by atoms with Crippen molar-refractivity contribution < 1.29 is 4.74 Å². The van der Waals surface area contributed by atoms with Crippen LogP contribution < -0.4 is 0 Å². The van der Waals surface area contributed by atoms with Crippen molar-refractivity contribution in [1.29, 1.82) is 0 Å². The van der Waals surface area contributed by atoms with Crippen LogP contribution in [-0.2, 0) is 11.3 Å². The number of ether oxygens (including phenoxy) is 1. The Morgan fingerprint density at radius 3 is 2.72 bits per heavy atom. The first-order valence-electron chi connectivity index (χ1n) is 5.85. The van der Waals surface area contributed by atoms with Gasteiger partial charge < -0.3 is 9.30 Å². The minimum Gasteiger partial charge on any atom is -0.380 e. The smallest absolute Gasteiger partial charge is 0.127 e. The molecule has 0 fully saturated rings. The van der Waals surface area contributed by atoms with Gasteiger partial charge in [-0.25, -0.2) is 4.98 Å². The Bertz CT molecular complexity index is 551. The lowest BCUT2D eigenvalue weighted by atomic mass is 10.3. The molecule has 0 radical (unpaired) electrons. The van der Waals surface area contributed by atoms with Crippen LogP contribution in [0.25, 0.3) is 11.0 Å². The predicted molar refractivity (Wildman–Crippen MR) is 75.5 cm³/mol. The molecule has 1 heterocycles. The second-order valence-electron chi connectivity index (χ2n) is 4.38. The number of methoxy groups -OCH3 is 1. The number of nitrogens with zero attached hydrogens (tertiary/aromatic N) is 2. The topological polar surface area (TPSA) is 27.1 Å². The molecule has 0 saturated carbocycles. The molecule has 2 aromatic rings. The fraction of sp³-hybridized carbons (Fsp3) is 0.462. The zero-order valence-corrected chi connectivity index (χ0v) is 12.2. The minimum absolute atomic E-state index is 0.0931. The van der Waals surface area contributed by atoms with E-state index in [9.17, 15) is 0 Å². The van der Waals surface area contributed by atoms with Crippen molar-refractivity contribution in [1.82, 2.24) is 9.55 Å². The van der Waals surface area contributed by atoms with Gasteiger partial charge >= 0.3 is 0 Å². The lowest BCUT2D eigenvalue weighted by Gasteiger charge is -2.15. The first-order chi connectivity index (χ1) is 8.52. The fourth-order valence-corrected chi connectivity index (χ4v) is 2.27. The molecular weight excluding hydrogens is 271 g/mol. The minimum atomic E-state index is -0.153. The Kier molecular flexibility index (Phi) is 4.15. The van der Waals surface area contributed by atoms with Gasteiger partial charge in [0.1, 0.15) is 5.82 Å². The number of fused-ring (bicyclic) bond motifs is 1. The quantitative estimate of drug-likeness (QED) is 0.794. The van der Waals surface area contributed by atoms with Gasteiger partial charge in [-0.15, -0.1) is 11.6 Å². The molecule has 0 aliphatic heterocycles. The van der Waals surface area contributed by atoms with Gasteiger partial charge in [0.2, 0.25) is 0 Å². The van der Waals surface area contributed by atoms with Crippen LogP contribution in [0.2, 0.25) is 5.02 Å². The normalized spacial score (nSPS) is 14.9. The average molecular weight is 287 g/mol. The zero-order chi connectivity index (χ0) is 13.3. The molecule has 0 aliphatic rings. The van der Waals surface area contributed by atoms with Crippen molar-refractivity contribution in [3.63, 3.8) is 0 Å². The summed E-state index contributed by atoms with van der Waals surface area (Å²) in [6.07, 6.45) is 0.0931. The second kappa shape index (κ2) is 5.47. The highest BCUT2D eigenvalue weighted by Gasteiger charge is 2.16. The number of hydrogen-bond acceptors (Lipinski definition) is 2. The number of rotatable bonds is 4. The molecule has 3 nitrogen and oxygen atoms in total. The standard InChI is InChI=1S/C13H16Cl2N2O/c1-8(18-3)7-17-12-6-10(15)4-5-11(12)16-13(17)9(2)14/h4-6,8-9H,7H2,1-3H3. The van der Waals surface area contributed by atoms with Crippen molar-refractivity contribution >= 4 is 34.2 Å². The first-order valence-corrected chi connectivity index (χ1v) is 6.67. The summed E-state index contributed by atoms with van der Waals surface area (Å²) in [5.74, 6) is 0.845. The molecule has 0 saturated heterocycles. The molecule has 2 unspecified atom stereocenters. The van der Waals surface area contributed by atoms with Crippen molar-refractivity contribution in [2.24, 2.45) is 0 Å². The SMILES string of the molecule is COC(C)Cn1c(C(C)Cl)nc2ccc(Cl)cc21. The summed E-state index contributed by atoms with van der Waals surface area (Å²) in [6, 6.07) is 5.66. The maximum atomic E-state index is 6.19. The molecule has 1 aromatic carbocycles. The van der Waals surface area contributed by atoms with Crippen molar-refractivity contribution in [3.05, 3.63) is 29.0 Å². The van der Waals surface area contributed by atoms with Gasteiger partial charge in [-0.2, -0.15) is 0 Å². The van der Waals surface area contributed by atoms with E-state index >= 15 is 0 Å². The predicted octanol–water partition coefficient (Wildman–Crippen LogP) is 4.02. The van der Waals surface area contributed by atoms with E-state index in [0.717, 1.165) is 16.9 Å². The fourth-order valence-electron chi connectivity index (χ4n) is 1.94. The Labute approximate surface area is 117 Å². The highest BCUT2D eigenvalue weighted by molar-refractivity contribution is 6.31. The Morgan fingerprint density at radius 1 is 1.39 bits per heavy atom. The van der Waals surface area contributed by atoms with E-state index in [1.165, 1.54) is 0 Å². The summed E-state index contributed by atoms with van der Waals surface area (Å²) in [5, 5.41) is 0.544.